The van der Waals surface area contributed by atoms with Gasteiger partial charge in [-0.25, -0.2) is 0 Å². The highest BCUT2D eigenvalue weighted by atomic mass is 16.2. The summed E-state index contributed by atoms with van der Waals surface area (Å²) in [5.74, 6) is 0.607. The van der Waals surface area contributed by atoms with Gasteiger partial charge in [-0.3, -0.25) is 4.79 Å². The Labute approximate surface area is 91.2 Å². The van der Waals surface area contributed by atoms with E-state index in [4.69, 9.17) is 5.73 Å². The lowest BCUT2D eigenvalue weighted by molar-refractivity contribution is -0.134. The molecule has 0 bridgehead atoms. The first kappa shape index (κ1) is 10.9. The Morgan fingerprint density at radius 2 is 1.87 bits per heavy atom. The predicted octanol–water partition coefficient (Wildman–Crippen LogP) is -0.0643. The SMILES string of the molecule is NC(C(=O)N1CCNCC1)C1CCCC1. The monoisotopic (exact) mass is 211 g/mol. The van der Waals surface area contributed by atoms with Gasteiger partial charge in [-0.15, -0.1) is 0 Å². The average molecular weight is 211 g/mol. The summed E-state index contributed by atoms with van der Waals surface area (Å²) in [6.07, 6.45) is 4.76. The second-order valence-electron chi connectivity index (χ2n) is 4.65. The van der Waals surface area contributed by atoms with Crippen LogP contribution in [0.5, 0.6) is 0 Å². The van der Waals surface area contributed by atoms with E-state index >= 15 is 0 Å². The molecule has 2 rings (SSSR count). The highest BCUT2D eigenvalue weighted by Crippen LogP contribution is 2.27. The number of nitrogens with one attached hydrogen (secondary N) is 1. The zero-order valence-corrected chi connectivity index (χ0v) is 9.24. The summed E-state index contributed by atoms with van der Waals surface area (Å²) < 4.78 is 0. The summed E-state index contributed by atoms with van der Waals surface area (Å²) in [5, 5.41) is 3.24. The van der Waals surface area contributed by atoms with Gasteiger partial charge in [-0.05, 0) is 18.8 Å². The second kappa shape index (κ2) is 4.94. The Morgan fingerprint density at radius 3 is 2.47 bits per heavy atom. The van der Waals surface area contributed by atoms with E-state index in [2.05, 4.69) is 5.32 Å². The number of carbonyl (C=O) groups excluding carboxylic acids is 1. The lowest BCUT2D eigenvalue weighted by Gasteiger charge is -2.31. The molecule has 3 N–H and O–H groups in total. The molecule has 4 nitrogen and oxygen atoms in total. The fourth-order valence-electron chi connectivity index (χ4n) is 2.61. The quantitative estimate of drug-likeness (QED) is 0.672. The smallest absolute Gasteiger partial charge is 0.239 e. The van der Waals surface area contributed by atoms with Crippen molar-refractivity contribution >= 4 is 5.91 Å². The Bertz CT molecular complexity index is 220. The summed E-state index contributed by atoms with van der Waals surface area (Å²) in [4.78, 5) is 14.0. The number of nitrogens with zero attached hydrogens (tertiary/aromatic N) is 1. The summed E-state index contributed by atoms with van der Waals surface area (Å²) in [6, 6.07) is -0.245. The summed E-state index contributed by atoms with van der Waals surface area (Å²) >= 11 is 0. The molecule has 0 spiro atoms. The molecular weight excluding hydrogens is 190 g/mol. The minimum atomic E-state index is -0.245. The van der Waals surface area contributed by atoms with E-state index in [1.165, 1.54) is 12.8 Å². The highest BCUT2D eigenvalue weighted by Gasteiger charge is 2.30. The second-order valence-corrected chi connectivity index (χ2v) is 4.65. The minimum absolute atomic E-state index is 0.170. The third-order valence-corrected chi connectivity index (χ3v) is 3.62. The number of nitrogens with two attached hydrogens (primary N) is 1. The summed E-state index contributed by atoms with van der Waals surface area (Å²) in [5.41, 5.74) is 6.04. The van der Waals surface area contributed by atoms with Crippen molar-refractivity contribution < 1.29 is 4.79 Å². The highest BCUT2D eigenvalue weighted by molar-refractivity contribution is 5.82. The van der Waals surface area contributed by atoms with Gasteiger partial charge in [0.15, 0.2) is 0 Å². The normalized spacial score (nSPS) is 25.5. The van der Waals surface area contributed by atoms with E-state index in [-0.39, 0.29) is 11.9 Å². The van der Waals surface area contributed by atoms with Crippen LogP contribution in [0.3, 0.4) is 0 Å². The topological polar surface area (TPSA) is 58.4 Å². The van der Waals surface area contributed by atoms with Crippen molar-refractivity contribution in [3.8, 4) is 0 Å². The molecule has 0 radical (unpaired) electrons. The van der Waals surface area contributed by atoms with Crippen molar-refractivity contribution in [1.29, 1.82) is 0 Å². The van der Waals surface area contributed by atoms with Crippen molar-refractivity contribution in [1.82, 2.24) is 10.2 Å². The molecule has 86 valence electrons. The van der Waals surface area contributed by atoms with Crippen molar-refractivity contribution in [2.45, 2.75) is 31.7 Å². The first-order valence-corrected chi connectivity index (χ1v) is 6.04. The zero-order chi connectivity index (χ0) is 10.7. The van der Waals surface area contributed by atoms with Crippen LogP contribution >= 0.6 is 0 Å². The maximum atomic E-state index is 12.1. The van der Waals surface area contributed by atoms with E-state index in [9.17, 15) is 4.79 Å². The third-order valence-electron chi connectivity index (χ3n) is 3.62. The van der Waals surface area contributed by atoms with Crippen LogP contribution < -0.4 is 11.1 Å². The first-order chi connectivity index (χ1) is 7.29. The van der Waals surface area contributed by atoms with Gasteiger partial charge < -0.3 is 16.0 Å². The number of amides is 1. The van der Waals surface area contributed by atoms with Crippen molar-refractivity contribution in [2.24, 2.45) is 11.7 Å². The van der Waals surface area contributed by atoms with Gasteiger partial charge in [-0.2, -0.15) is 0 Å². The van der Waals surface area contributed by atoms with Gasteiger partial charge in [-0.1, -0.05) is 12.8 Å². The fourth-order valence-corrected chi connectivity index (χ4v) is 2.61. The average Bonchev–Trinajstić information content (AvgIpc) is 2.82. The van der Waals surface area contributed by atoms with Gasteiger partial charge in [0.1, 0.15) is 0 Å². The molecule has 4 heteroatoms. The predicted molar refractivity (Wildman–Crippen MR) is 59.4 cm³/mol. The Balaban J connectivity index is 1.87. The van der Waals surface area contributed by atoms with Crippen LogP contribution in [0.1, 0.15) is 25.7 Å². The van der Waals surface area contributed by atoms with Crippen LogP contribution in [0.15, 0.2) is 0 Å². The van der Waals surface area contributed by atoms with Gasteiger partial charge in [0.05, 0.1) is 6.04 Å². The summed E-state index contributed by atoms with van der Waals surface area (Å²) in [7, 11) is 0. The van der Waals surface area contributed by atoms with E-state index < -0.39 is 0 Å². The third kappa shape index (κ3) is 2.49. The number of hydrogen-bond donors (Lipinski definition) is 2. The lowest BCUT2D eigenvalue weighted by atomic mass is 9.97. The molecule has 0 aromatic heterocycles. The molecule has 0 aromatic rings. The molecule has 1 aliphatic carbocycles. The minimum Gasteiger partial charge on any atom is -0.339 e. The lowest BCUT2D eigenvalue weighted by Crippen LogP contribution is -2.53. The Kier molecular flexibility index (Phi) is 3.59. The molecule has 2 aliphatic rings. The van der Waals surface area contributed by atoms with Crippen LogP contribution in [0, 0.1) is 5.92 Å². The largest absolute Gasteiger partial charge is 0.339 e. The van der Waals surface area contributed by atoms with Crippen LogP contribution in [-0.2, 0) is 4.79 Å². The molecule has 1 saturated carbocycles. The van der Waals surface area contributed by atoms with Crippen LogP contribution in [0.4, 0.5) is 0 Å². The van der Waals surface area contributed by atoms with Crippen molar-refractivity contribution in [2.75, 3.05) is 26.2 Å². The van der Waals surface area contributed by atoms with Gasteiger partial charge in [0.25, 0.3) is 0 Å². The molecule has 1 heterocycles. The molecule has 1 saturated heterocycles. The van der Waals surface area contributed by atoms with E-state index in [1.807, 2.05) is 4.90 Å². The van der Waals surface area contributed by atoms with Crippen LogP contribution in [0.2, 0.25) is 0 Å². The summed E-state index contributed by atoms with van der Waals surface area (Å²) in [6.45, 7) is 3.45. The number of piperazine rings is 1. The molecular formula is C11H21N3O. The van der Waals surface area contributed by atoms with Gasteiger partial charge in [0.2, 0.25) is 5.91 Å². The maximum absolute atomic E-state index is 12.1. The van der Waals surface area contributed by atoms with Gasteiger partial charge >= 0.3 is 0 Å². The van der Waals surface area contributed by atoms with Crippen molar-refractivity contribution in [3.63, 3.8) is 0 Å². The maximum Gasteiger partial charge on any atom is 0.239 e. The molecule has 0 aromatic carbocycles. The number of hydrogen-bond acceptors (Lipinski definition) is 3. The standard InChI is InChI=1S/C11H21N3O/c12-10(9-3-1-2-4-9)11(15)14-7-5-13-6-8-14/h9-10,13H,1-8,12H2. The number of carbonyl (C=O) groups is 1. The van der Waals surface area contributed by atoms with E-state index in [1.54, 1.807) is 0 Å². The fraction of sp³-hybridized carbons (Fsp3) is 0.909. The first-order valence-electron chi connectivity index (χ1n) is 6.04. The van der Waals surface area contributed by atoms with E-state index in [0.717, 1.165) is 39.0 Å². The zero-order valence-electron chi connectivity index (χ0n) is 9.24. The molecule has 1 atom stereocenters. The molecule has 1 unspecified atom stereocenters. The van der Waals surface area contributed by atoms with Crippen molar-refractivity contribution in [3.05, 3.63) is 0 Å². The Morgan fingerprint density at radius 1 is 1.27 bits per heavy atom. The van der Waals surface area contributed by atoms with Crippen LogP contribution in [0.25, 0.3) is 0 Å². The molecule has 2 fully saturated rings. The number of rotatable bonds is 2. The molecule has 1 amide bonds. The molecule has 15 heavy (non-hydrogen) atoms. The van der Waals surface area contributed by atoms with Gasteiger partial charge in [0, 0.05) is 26.2 Å². The van der Waals surface area contributed by atoms with Crippen LogP contribution in [-0.4, -0.2) is 43.0 Å². The molecule has 1 aliphatic heterocycles. The van der Waals surface area contributed by atoms with E-state index in [0.29, 0.717) is 5.92 Å². The Hall–Kier alpha value is -0.610.